The number of hydrogen-bond donors (Lipinski definition) is 1. The van der Waals surface area contributed by atoms with Crippen LogP contribution in [0.4, 0.5) is 4.79 Å². The molecule has 2 aliphatic rings. The second-order valence-corrected chi connectivity index (χ2v) is 7.16. The van der Waals surface area contributed by atoms with Crippen molar-refractivity contribution >= 4 is 6.03 Å². The van der Waals surface area contributed by atoms with E-state index in [0.717, 1.165) is 39.0 Å². The fourth-order valence-electron chi connectivity index (χ4n) is 3.46. The van der Waals surface area contributed by atoms with E-state index in [1.807, 2.05) is 19.0 Å². The Labute approximate surface area is 129 Å². The Morgan fingerprint density at radius 2 is 1.95 bits per heavy atom. The van der Waals surface area contributed by atoms with Gasteiger partial charge >= 0.3 is 6.03 Å². The molecule has 0 bridgehead atoms. The van der Waals surface area contributed by atoms with Crippen LogP contribution in [0.5, 0.6) is 0 Å². The molecule has 1 aliphatic carbocycles. The number of hydrogen-bond acceptors (Lipinski definition) is 3. The topological polar surface area (TPSA) is 44.8 Å². The number of urea groups is 1. The van der Waals surface area contributed by atoms with E-state index in [1.54, 1.807) is 4.90 Å². The van der Waals surface area contributed by atoms with Gasteiger partial charge in [0.25, 0.3) is 0 Å². The number of rotatable bonds is 4. The number of likely N-dealkylation sites (tertiary alicyclic amines) is 1. The molecule has 2 atom stereocenters. The molecule has 2 unspecified atom stereocenters. The third-order valence-corrected chi connectivity index (χ3v) is 5.13. The molecule has 1 N–H and O–H groups in total. The number of ether oxygens (including phenoxy) is 1. The van der Waals surface area contributed by atoms with Gasteiger partial charge in [-0.2, -0.15) is 0 Å². The number of carbonyl (C=O) groups excluding carboxylic acids is 1. The molecule has 2 rings (SSSR count). The van der Waals surface area contributed by atoms with Crippen molar-refractivity contribution in [1.29, 1.82) is 0 Å². The lowest BCUT2D eigenvalue weighted by molar-refractivity contribution is -0.117. The van der Waals surface area contributed by atoms with Gasteiger partial charge in [-0.05, 0) is 26.2 Å². The van der Waals surface area contributed by atoms with Gasteiger partial charge in [-0.15, -0.1) is 0 Å². The Morgan fingerprint density at radius 3 is 2.43 bits per heavy atom. The number of piperidine rings is 1. The monoisotopic (exact) mass is 297 g/mol. The van der Waals surface area contributed by atoms with Crippen LogP contribution in [0.2, 0.25) is 0 Å². The first kappa shape index (κ1) is 16.6. The van der Waals surface area contributed by atoms with Crippen molar-refractivity contribution in [3.8, 4) is 0 Å². The largest absolute Gasteiger partial charge is 0.378 e. The van der Waals surface area contributed by atoms with Gasteiger partial charge in [0.05, 0.1) is 6.10 Å². The van der Waals surface area contributed by atoms with Gasteiger partial charge in [0.2, 0.25) is 0 Å². The third-order valence-electron chi connectivity index (χ3n) is 5.13. The normalized spacial score (nSPS) is 29.1. The SMILES string of the molecule is CCOC1CC(NC2CCN(C(=O)N(C)C)CC2)C1(C)C. The summed E-state index contributed by atoms with van der Waals surface area (Å²) in [5.41, 5.74) is 0.215. The molecule has 21 heavy (non-hydrogen) atoms. The highest BCUT2D eigenvalue weighted by Gasteiger charge is 2.49. The summed E-state index contributed by atoms with van der Waals surface area (Å²) >= 11 is 0. The van der Waals surface area contributed by atoms with E-state index in [-0.39, 0.29) is 11.4 Å². The highest BCUT2D eigenvalue weighted by atomic mass is 16.5. The van der Waals surface area contributed by atoms with Gasteiger partial charge in [0.15, 0.2) is 0 Å². The minimum absolute atomic E-state index is 0.133. The van der Waals surface area contributed by atoms with Crippen LogP contribution in [0.3, 0.4) is 0 Å². The van der Waals surface area contributed by atoms with Crippen molar-refractivity contribution in [1.82, 2.24) is 15.1 Å². The average molecular weight is 297 g/mol. The maximum atomic E-state index is 11.9. The summed E-state index contributed by atoms with van der Waals surface area (Å²) < 4.78 is 5.79. The highest BCUT2D eigenvalue weighted by Crippen LogP contribution is 2.43. The molecule has 0 radical (unpaired) electrons. The zero-order valence-corrected chi connectivity index (χ0v) is 14.2. The summed E-state index contributed by atoms with van der Waals surface area (Å²) in [4.78, 5) is 15.5. The van der Waals surface area contributed by atoms with Crippen LogP contribution >= 0.6 is 0 Å². The van der Waals surface area contributed by atoms with E-state index in [2.05, 4.69) is 26.1 Å². The molecule has 1 saturated heterocycles. The molecule has 5 nitrogen and oxygen atoms in total. The molecule has 1 heterocycles. The average Bonchev–Trinajstić information content (AvgIpc) is 2.46. The number of nitrogens with one attached hydrogen (secondary N) is 1. The minimum atomic E-state index is 0.133. The maximum Gasteiger partial charge on any atom is 0.319 e. The van der Waals surface area contributed by atoms with Crippen LogP contribution in [-0.2, 0) is 4.74 Å². The van der Waals surface area contributed by atoms with Gasteiger partial charge in [-0.25, -0.2) is 4.79 Å². The number of nitrogens with zero attached hydrogens (tertiary/aromatic N) is 2. The fourth-order valence-corrected chi connectivity index (χ4v) is 3.46. The Kier molecular flexibility index (Phi) is 5.15. The molecule has 2 amide bonds. The zero-order chi connectivity index (χ0) is 15.6. The van der Waals surface area contributed by atoms with Gasteiger partial charge in [-0.3, -0.25) is 0 Å². The Bertz CT molecular complexity index is 363. The van der Waals surface area contributed by atoms with Crippen molar-refractivity contribution in [3.63, 3.8) is 0 Å². The Balaban J connectivity index is 1.76. The summed E-state index contributed by atoms with van der Waals surface area (Å²) in [5, 5.41) is 3.79. The van der Waals surface area contributed by atoms with Crippen LogP contribution in [-0.4, -0.2) is 67.8 Å². The maximum absolute atomic E-state index is 11.9. The third kappa shape index (κ3) is 3.51. The van der Waals surface area contributed by atoms with Gasteiger partial charge < -0.3 is 19.9 Å². The van der Waals surface area contributed by atoms with E-state index < -0.39 is 0 Å². The fraction of sp³-hybridized carbons (Fsp3) is 0.938. The molecule has 0 aromatic rings. The smallest absolute Gasteiger partial charge is 0.319 e. The predicted molar refractivity (Wildman–Crippen MR) is 84.4 cm³/mol. The summed E-state index contributed by atoms with van der Waals surface area (Å²) in [6, 6.07) is 1.20. The summed E-state index contributed by atoms with van der Waals surface area (Å²) in [6.45, 7) is 9.16. The molecular formula is C16H31N3O2. The van der Waals surface area contributed by atoms with Crippen LogP contribution < -0.4 is 5.32 Å². The Hall–Kier alpha value is -0.810. The summed E-state index contributed by atoms with van der Waals surface area (Å²) in [6.07, 6.45) is 3.59. The molecule has 5 heteroatoms. The predicted octanol–water partition coefficient (Wildman–Crippen LogP) is 1.93. The standard InChI is InChI=1S/C16H31N3O2/c1-6-21-14-11-13(16(14,2)3)17-12-7-9-19(10-8-12)15(20)18(4)5/h12-14,17H,6-11H2,1-5H3. The second-order valence-electron chi connectivity index (χ2n) is 7.16. The lowest BCUT2D eigenvalue weighted by atomic mass is 9.64. The van der Waals surface area contributed by atoms with E-state index in [9.17, 15) is 4.79 Å². The Morgan fingerprint density at radius 1 is 1.33 bits per heavy atom. The van der Waals surface area contributed by atoms with Crippen LogP contribution in [0.15, 0.2) is 0 Å². The zero-order valence-electron chi connectivity index (χ0n) is 14.2. The highest BCUT2D eigenvalue weighted by molar-refractivity contribution is 5.73. The quantitative estimate of drug-likeness (QED) is 0.862. The van der Waals surface area contributed by atoms with E-state index in [1.165, 1.54) is 0 Å². The first-order valence-electron chi connectivity index (χ1n) is 8.20. The van der Waals surface area contributed by atoms with Gasteiger partial charge in [-0.1, -0.05) is 13.8 Å². The van der Waals surface area contributed by atoms with E-state index >= 15 is 0 Å². The summed E-state index contributed by atoms with van der Waals surface area (Å²) in [7, 11) is 3.63. The number of carbonyl (C=O) groups is 1. The van der Waals surface area contributed by atoms with Crippen molar-refractivity contribution in [2.24, 2.45) is 5.41 Å². The minimum Gasteiger partial charge on any atom is -0.378 e. The number of amides is 2. The van der Waals surface area contributed by atoms with E-state index in [0.29, 0.717) is 18.2 Å². The molecule has 1 aliphatic heterocycles. The molecule has 0 aromatic heterocycles. The van der Waals surface area contributed by atoms with Crippen molar-refractivity contribution in [2.45, 2.75) is 58.2 Å². The first-order chi connectivity index (χ1) is 9.86. The second kappa shape index (κ2) is 6.53. The molecule has 122 valence electrons. The molecule has 0 spiro atoms. The van der Waals surface area contributed by atoms with Gasteiger partial charge in [0, 0.05) is 51.3 Å². The molecule has 2 fully saturated rings. The van der Waals surface area contributed by atoms with Crippen LogP contribution in [0, 0.1) is 5.41 Å². The lowest BCUT2D eigenvalue weighted by Gasteiger charge is -2.53. The molecule has 0 aromatic carbocycles. The van der Waals surface area contributed by atoms with Crippen molar-refractivity contribution < 1.29 is 9.53 Å². The first-order valence-corrected chi connectivity index (χ1v) is 8.20. The van der Waals surface area contributed by atoms with Crippen molar-refractivity contribution in [3.05, 3.63) is 0 Å². The molecular weight excluding hydrogens is 266 g/mol. The summed E-state index contributed by atoms with van der Waals surface area (Å²) in [5.74, 6) is 0. The van der Waals surface area contributed by atoms with Crippen LogP contribution in [0.25, 0.3) is 0 Å². The van der Waals surface area contributed by atoms with Gasteiger partial charge in [0.1, 0.15) is 0 Å². The lowest BCUT2D eigenvalue weighted by Crippen LogP contribution is -2.63. The van der Waals surface area contributed by atoms with Crippen LogP contribution in [0.1, 0.15) is 40.0 Å². The van der Waals surface area contributed by atoms with E-state index in [4.69, 9.17) is 4.74 Å². The molecule has 1 saturated carbocycles. The van der Waals surface area contributed by atoms with Crippen molar-refractivity contribution in [2.75, 3.05) is 33.8 Å².